The first-order valence-electron chi connectivity index (χ1n) is 7.71. The van der Waals surface area contributed by atoms with Gasteiger partial charge in [0.25, 0.3) is 0 Å². The largest absolute Gasteiger partial charge is 0.462 e. The minimum Gasteiger partial charge on any atom is -0.462 e. The molecule has 0 spiro atoms. The van der Waals surface area contributed by atoms with Crippen LogP contribution in [-0.4, -0.2) is 49.8 Å². The fourth-order valence-corrected chi connectivity index (χ4v) is 2.54. The van der Waals surface area contributed by atoms with Gasteiger partial charge in [-0.2, -0.15) is 0 Å². The van der Waals surface area contributed by atoms with Crippen molar-refractivity contribution in [2.24, 2.45) is 0 Å². The number of methoxy groups -OCH3 is 1. The Kier molecular flexibility index (Phi) is 6.08. The third-order valence-electron chi connectivity index (χ3n) is 3.80. The van der Waals surface area contributed by atoms with Gasteiger partial charge in [-0.3, -0.25) is 0 Å². The van der Waals surface area contributed by atoms with Gasteiger partial charge in [-0.25, -0.2) is 18.4 Å². The first-order chi connectivity index (χ1) is 11.5. The highest BCUT2D eigenvalue weighted by Crippen LogP contribution is 2.22. The second kappa shape index (κ2) is 8.05. The molecule has 1 heterocycles. The summed E-state index contributed by atoms with van der Waals surface area (Å²) >= 11 is 0. The lowest BCUT2D eigenvalue weighted by Gasteiger charge is -2.32. The van der Waals surface area contributed by atoms with Crippen LogP contribution in [0.2, 0.25) is 0 Å². The Balaban J connectivity index is 2.19. The summed E-state index contributed by atoms with van der Waals surface area (Å²) in [7, 11) is 1.57. The van der Waals surface area contributed by atoms with Crippen molar-refractivity contribution in [2.45, 2.75) is 25.9 Å². The van der Waals surface area contributed by atoms with Crippen molar-refractivity contribution in [3.05, 3.63) is 29.3 Å². The van der Waals surface area contributed by atoms with E-state index in [4.69, 9.17) is 9.47 Å². The Bertz CT molecular complexity index is 624. The summed E-state index contributed by atoms with van der Waals surface area (Å²) in [6, 6.07) is 0.988. The number of amides is 2. The quantitative estimate of drug-likeness (QED) is 0.855. The monoisotopic (exact) mass is 342 g/mol. The van der Waals surface area contributed by atoms with E-state index in [1.807, 2.05) is 0 Å². The molecule has 1 N–H and O–H groups in total. The lowest BCUT2D eigenvalue weighted by molar-refractivity contribution is 0.0457. The highest BCUT2D eigenvalue weighted by Gasteiger charge is 2.25. The molecular formula is C16H20F2N2O4. The molecule has 1 atom stereocenters. The molecule has 1 saturated heterocycles. The number of piperidine rings is 1. The van der Waals surface area contributed by atoms with E-state index in [2.05, 4.69) is 5.32 Å². The molecule has 2 rings (SSSR count). The van der Waals surface area contributed by atoms with E-state index >= 15 is 0 Å². The van der Waals surface area contributed by atoms with Crippen LogP contribution in [-0.2, 0) is 9.47 Å². The highest BCUT2D eigenvalue weighted by molar-refractivity contribution is 6.00. The molecule has 1 aliphatic heterocycles. The Hall–Kier alpha value is -2.22. The van der Waals surface area contributed by atoms with Crippen LogP contribution in [0.1, 0.15) is 30.1 Å². The molecule has 0 radical (unpaired) electrons. The minimum atomic E-state index is -1.19. The number of nitrogens with zero attached hydrogens (tertiary/aromatic N) is 1. The Morgan fingerprint density at radius 3 is 2.71 bits per heavy atom. The second-order valence-corrected chi connectivity index (χ2v) is 5.41. The van der Waals surface area contributed by atoms with Crippen LogP contribution in [0.3, 0.4) is 0 Å². The number of rotatable bonds is 4. The molecule has 24 heavy (non-hydrogen) atoms. The van der Waals surface area contributed by atoms with Crippen molar-refractivity contribution < 1.29 is 27.8 Å². The lowest BCUT2D eigenvalue weighted by atomic mass is 10.1. The van der Waals surface area contributed by atoms with Crippen LogP contribution in [0.4, 0.5) is 19.3 Å². The van der Waals surface area contributed by atoms with Gasteiger partial charge in [0.15, 0.2) is 11.6 Å². The van der Waals surface area contributed by atoms with Gasteiger partial charge in [0, 0.05) is 26.3 Å². The zero-order valence-corrected chi connectivity index (χ0v) is 13.6. The van der Waals surface area contributed by atoms with Crippen molar-refractivity contribution in [3.8, 4) is 0 Å². The maximum Gasteiger partial charge on any atom is 0.340 e. The molecule has 1 aromatic carbocycles. The van der Waals surface area contributed by atoms with Crippen molar-refractivity contribution in [3.63, 3.8) is 0 Å². The summed E-state index contributed by atoms with van der Waals surface area (Å²) in [4.78, 5) is 25.7. The topological polar surface area (TPSA) is 67.9 Å². The van der Waals surface area contributed by atoms with E-state index < -0.39 is 23.6 Å². The first kappa shape index (κ1) is 18.1. The van der Waals surface area contributed by atoms with Crippen molar-refractivity contribution in [1.82, 2.24) is 4.90 Å². The smallest absolute Gasteiger partial charge is 0.340 e. The summed E-state index contributed by atoms with van der Waals surface area (Å²) in [6.07, 6.45) is 1.55. The number of carbonyl (C=O) groups excluding carboxylic acids is 2. The van der Waals surface area contributed by atoms with Gasteiger partial charge in [0.1, 0.15) is 0 Å². The van der Waals surface area contributed by atoms with E-state index in [-0.39, 0.29) is 24.0 Å². The van der Waals surface area contributed by atoms with Crippen molar-refractivity contribution in [1.29, 1.82) is 0 Å². The first-order valence-corrected chi connectivity index (χ1v) is 7.71. The van der Waals surface area contributed by atoms with Gasteiger partial charge in [0.05, 0.1) is 24.0 Å². The Labute approximate surface area is 138 Å². The zero-order chi connectivity index (χ0) is 17.7. The molecule has 0 bridgehead atoms. The van der Waals surface area contributed by atoms with Crippen LogP contribution in [0.25, 0.3) is 0 Å². The number of nitrogens with one attached hydrogen (secondary N) is 1. The number of halogens is 2. The van der Waals surface area contributed by atoms with Gasteiger partial charge < -0.3 is 19.7 Å². The summed E-state index contributed by atoms with van der Waals surface area (Å²) in [5.41, 5.74) is -0.360. The molecule has 6 nitrogen and oxygen atoms in total. The molecule has 8 heteroatoms. The summed E-state index contributed by atoms with van der Waals surface area (Å²) in [6.45, 7) is 2.58. The molecular weight excluding hydrogens is 322 g/mol. The third kappa shape index (κ3) is 4.19. The molecule has 132 valence electrons. The number of urea groups is 1. The molecule has 0 aromatic heterocycles. The lowest BCUT2D eigenvalue weighted by Crippen LogP contribution is -2.45. The average Bonchev–Trinajstić information content (AvgIpc) is 2.58. The van der Waals surface area contributed by atoms with Gasteiger partial charge >= 0.3 is 12.0 Å². The normalized spacial score (nSPS) is 17.5. The standard InChI is InChI=1S/C16H20F2N2O4/c1-3-24-15(21)11-7-12(17)13(18)8-14(11)19-16(22)20-6-4-5-10(9-20)23-2/h7-8,10H,3-6,9H2,1-2H3,(H,19,22). The molecule has 0 saturated carbocycles. The van der Waals surface area contributed by atoms with Gasteiger partial charge in [-0.05, 0) is 25.8 Å². The maximum atomic E-state index is 13.5. The molecule has 1 unspecified atom stereocenters. The number of anilines is 1. The Morgan fingerprint density at radius 1 is 1.33 bits per heavy atom. The molecule has 1 fully saturated rings. The van der Waals surface area contributed by atoms with E-state index in [9.17, 15) is 18.4 Å². The maximum absolute atomic E-state index is 13.5. The summed E-state index contributed by atoms with van der Waals surface area (Å²) in [5, 5.41) is 2.46. The fraction of sp³-hybridized carbons (Fsp3) is 0.500. The van der Waals surface area contributed by atoms with E-state index in [0.717, 1.165) is 25.0 Å². The number of benzene rings is 1. The van der Waals surface area contributed by atoms with Crippen molar-refractivity contribution >= 4 is 17.7 Å². The minimum absolute atomic E-state index is 0.0704. The predicted octanol–water partition coefficient (Wildman–Crippen LogP) is 2.78. The number of carbonyl (C=O) groups is 2. The van der Waals surface area contributed by atoms with Crippen molar-refractivity contribution in [2.75, 3.05) is 32.1 Å². The van der Waals surface area contributed by atoms with Crippen LogP contribution in [0.15, 0.2) is 12.1 Å². The van der Waals surface area contributed by atoms with Gasteiger partial charge in [-0.1, -0.05) is 0 Å². The molecule has 2 amide bonds. The molecule has 1 aromatic rings. The van der Waals surface area contributed by atoms with Crippen LogP contribution in [0.5, 0.6) is 0 Å². The zero-order valence-electron chi connectivity index (χ0n) is 13.6. The number of ether oxygens (including phenoxy) is 2. The van der Waals surface area contributed by atoms with Crippen LogP contribution in [0, 0.1) is 11.6 Å². The summed E-state index contributed by atoms with van der Waals surface area (Å²) in [5.74, 6) is -3.18. The van der Waals surface area contributed by atoms with E-state index in [1.54, 1.807) is 14.0 Å². The van der Waals surface area contributed by atoms with E-state index in [0.29, 0.717) is 13.1 Å². The molecule has 0 aliphatic carbocycles. The van der Waals surface area contributed by atoms with Gasteiger partial charge in [-0.15, -0.1) is 0 Å². The highest BCUT2D eigenvalue weighted by atomic mass is 19.2. The third-order valence-corrected chi connectivity index (χ3v) is 3.80. The molecule has 1 aliphatic rings. The summed E-state index contributed by atoms with van der Waals surface area (Å²) < 4.78 is 37.0. The number of likely N-dealkylation sites (tertiary alicyclic amines) is 1. The van der Waals surface area contributed by atoms with Gasteiger partial charge in [0.2, 0.25) is 0 Å². The SMILES string of the molecule is CCOC(=O)c1cc(F)c(F)cc1NC(=O)N1CCCC(OC)C1. The average molecular weight is 342 g/mol. The fourth-order valence-electron chi connectivity index (χ4n) is 2.54. The number of esters is 1. The Morgan fingerprint density at radius 2 is 2.04 bits per heavy atom. The second-order valence-electron chi connectivity index (χ2n) is 5.41. The van der Waals surface area contributed by atoms with Crippen LogP contribution < -0.4 is 5.32 Å². The number of hydrogen-bond acceptors (Lipinski definition) is 4. The predicted molar refractivity (Wildman–Crippen MR) is 82.9 cm³/mol. The number of hydrogen-bond donors (Lipinski definition) is 1. The van der Waals surface area contributed by atoms with E-state index in [1.165, 1.54) is 4.90 Å². The van der Waals surface area contributed by atoms with Crippen LogP contribution >= 0.6 is 0 Å².